The highest BCUT2D eigenvalue weighted by Gasteiger charge is 2.31. The quantitative estimate of drug-likeness (QED) is 0.911. The Morgan fingerprint density at radius 1 is 1.41 bits per heavy atom. The van der Waals surface area contributed by atoms with Crippen LogP contribution in [0.1, 0.15) is 30.5 Å². The second-order valence-corrected chi connectivity index (χ2v) is 6.89. The van der Waals surface area contributed by atoms with Crippen LogP contribution in [0.25, 0.3) is 10.4 Å². The zero-order chi connectivity index (χ0) is 15.7. The molecule has 1 aromatic carbocycles. The molecule has 1 aliphatic heterocycles. The molecule has 0 aliphatic carbocycles. The first-order valence-corrected chi connectivity index (χ1v) is 8.47. The number of aryl methyl sites for hydroxylation is 1. The standard InChI is InChI=1S/C17H21N3OS/c1-10(14-7-15(17(18)21)19-8-14)12-3-5-13(6-4-12)16-11(2)20-9-22-16/h3-6,9-10,14-15,19H,7-8H2,1-2H3,(H2,18,21). The van der Waals surface area contributed by atoms with Gasteiger partial charge >= 0.3 is 0 Å². The van der Waals surface area contributed by atoms with E-state index in [0.29, 0.717) is 11.8 Å². The van der Waals surface area contributed by atoms with Crippen LogP contribution in [-0.4, -0.2) is 23.5 Å². The topological polar surface area (TPSA) is 68.0 Å². The molecule has 3 rings (SSSR count). The minimum Gasteiger partial charge on any atom is -0.368 e. The lowest BCUT2D eigenvalue weighted by atomic mass is 9.85. The van der Waals surface area contributed by atoms with E-state index in [2.05, 4.69) is 41.5 Å². The van der Waals surface area contributed by atoms with Crippen molar-refractivity contribution < 1.29 is 4.79 Å². The summed E-state index contributed by atoms with van der Waals surface area (Å²) in [5, 5.41) is 3.22. The first-order chi connectivity index (χ1) is 10.6. The number of nitrogens with zero attached hydrogens (tertiary/aromatic N) is 1. The van der Waals surface area contributed by atoms with E-state index in [1.165, 1.54) is 16.0 Å². The van der Waals surface area contributed by atoms with E-state index >= 15 is 0 Å². The van der Waals surface area contributed by atoms with Crippen molar-refractivity contribution in [3.05, 3.63) is 41.0 Å². The number of nitrogens with one attached hydrogen (secondary N) is 1. The lowest BCUT2D eigenvalue weighted by Crippen LogP contribution is -2.36. The number of primary amides is 1. The number of thiazole rings is 1. The Labute approximate surface area is 134 Å². The first kappa shape index (κ1) is 15.2. The van der Waals surface area contributed by atoms with E-state index in [1.54, 1.807) is 11.3 Å². The van der Waals surface area contributed by atoms with Crippen molar-refractivity contribution in [2.75, 3.05) is 6.54 Å². The summed E-state index contributed by atoms with van der Waals surface area (Å²) in [5.74, 6) is 0.618. The monoisotopic (exact) mass is 315 g/mol. The lowest BCUT2D eigenvalue weighted by molar-refractivity contribution is -0.119. The fourth-order valence-corrected chi connectivity index (χ4v) is 3.96. The summed E-state index contributed by atoms with van der Waals surface area (Å²) in [6, 6.07) is 8.54. The highest BCUT2D eigenvalue weighted by atomic mass is 32.1. The van der Waals surface area contributed by atoms with Crippen molar-refractivity contribution in [2.24, 2.45) is 11.7 Å². The summed E-state index contributed by atoms with van der Waals surface area (Å²) in [6.45, 7) is 5.11. The van der Waals surface area contributed by atoms with Crippen molar-refractivity contribution in [2.45, 2.75) is 32.2 Å². The van der Waals surface area contributed by atoms with E-state index in [-0.39, 0.29) is 11.9 Å². The van der Waals surface area contributed by atoms with Gasteiger partial charge in [0, 0.05) is 0 Å². The van der Waals surface area contributed by atoms with Crippen LogP contribution in [0.15, 0.2) is 29.8 Å². The Kier molecular flexibility index (Phi) is 4.27. The molecule has 3 atom stereocenters. The molecule has 0 bridgehead atoms. The number of rotatable bonds is 4. The van der Waals surface area contributed by atoms with E-state index < -0.39 is 0 Å². The summed E-state index contributed by atoms with van der Waals surface area (Å²) in [6.07, 6.45) is 0.826. The van der Waals surface area contributed by atoms with Gasteiger partial charge in [-0.15, -0.1) is 11.3 Å². The maximum absolute atomic E-state index is 11.3. The molecular formula is C17H21N3OS. The molecule has 5 heteroatoms. The predicted octanol–water partition coefficient (Wildman–Crippen LogP) is 2.69. The fraction of sp³-hybridized carbons (Fsp3) is 0.412. The lowest BCUT2D eigenvalue weighted by Gasteiger charge is -2.19. The van der Waals surface area contributed by atoms with Gasteiger partial charge in [-0.1, -0.05) is 31.2 Å². The second-order valence-electron chi connectivity index (χ2n) is 6.04. The third-order valence-corrected chi connectivity index (χ3v) is 5.64. The second kappa shape index (κ2) is 6.18. The van der Waals surface area contributed by atoms with Crippen molar-refractivity contribution >= 4 is 17.2 Å². The minimum atomic E-state index is -0.245. The number of carbonyl (C=O) groups excluding carboxylic acids is 1. The largest absolute Gasteiger partial charge is 0.368 e. The first-order valence-electron chi connectivity index (χ1n) is 7.59. The molecule has 1 aliphatic rings. The predicted molar refractivity (Wildman–Crippen MR) is 89.8 cm³/mol. The fourth-order valence-electron chi connectivity index (χ4n) is 3.15. The third kappa shape index (κ3) is 2.91. The molecule has 1 fully saturated rings. The molecule has 1 aromatic heterocycles. The molecule has 22 heavy (non-hydrogen) atoms. The van der Waals surface area contributed by atoms with Gasteiger partial charge in [-0.3, -0.25) is 4.79 Å². The molecule has 2 heterocycles. The third-order valence-electron chi connectivity index (χ3n) is 4.66. The van der Waals surface area contributed by atoms with Gasteiger partial charge in [0.1, 0.15) is 0 Å². The normalized spacial score (nSPS) is 22.6. The maximum atomic E-state index is 11.3. The van der Waals surface area contributed by atoms with Crippen LogP contribution in [0.4, 0.5) is 0 Å². The van der Waals surface area contributed by atoms with Crippen molar-refractivity contribution in [1.29, 1.82) is 0 Å². The SMILES string of the molecule is Cc1ncsc1-c1ccc(C(C)C2CNC(C(N)=O)C2)cc1. The number of amides is 1. The van der Waals surface area contributed by atoms with Gasteiger partial charge in [0.05, 0.1) is 22.1 Å². The molecule has 0 spiro atoms. The Bertz CT molecular complexity index is 665. The molecule has 116 valence electrons. The van der Waals surface area contributed by atoms with E-state index in [1.807, 2.05) is 12.4 Å². The number of nitrogens with two attached hydrogens (primary N) is 1. The average Bonchev–Trinajstić information content (AvgIpc) is 3.15. The van der Waals surface area contributed by atoms with Gasteiger partial charge in [0.15, 0.2) is 0 Å². The molecule has 2 aromatic rings. The van der Waals surface area contributed by atoms with E-state index in [4.69, 9.17) is 5.73 Å². The van der Waals surface area contributed by atoms with Gasteiger partial charge in [0.2, 0.25) is 5.91 Å². The van der Waals surface area contributed by atoms with Crippen LogP contribution in [-0.2, 0) is 4.79 Å². The van der Waals surface area contributed by atoms with Crippen LogP contribution in [0.5, 0.6) is 0 Å². The summed E-state index contributed by atoms with van der Waals surface area (Å²) in [7, 11) is 0. The Morgan fingerprint density at radius 2 is 2.14 bits per heavy atom. The van der Waals surface area contributed by atoms with Gasteiger partial charge < -0.3 is 11.1 Å². The summed E-state index contributed by atoms with van der Waals surface area (Å²) in [5.41, 5.74) is 10.9. The van der Waals surface area contributed by atoms with Crippen LogP contribution in [0.3, 0.4) is 0 Å². The minimum absolute atomic E-state index is 0.174. The van der Waals surface area contributed by atoms with Crippen LogP contribution in [0, 0.1) is 12.8 Å². The van der Waals surface area contributed by atoms with Crippen molar-refractivity contribution in [3.63, 3.8) is 0 Å². The van der Waals surface area contributed by atoms with Crippen LogP contribution in [0.2, 0.25) is 0 Å². The highest BCUT2D eigenvalue weighted by molar-refractivity contribution is 7.13. The van der Waals surface area contributed by atoms with Crippen molar-refractivity contribution in [3.8, 4) is 10.4 Å². The van der Waals surface area contributed by atoms with Crippen LogP contribution < -0.4 is 11.1 Å². The molecule has 3 N–H and O–H groups in total. The van der Waals surface area contributed by atoms with Crippen LogP contribution >= 0.6 is 11.3 Å². The van der Waals surface area contributed by atoms with Gasteiger partial charge in [-0.05, 0) is 42.9 Å². The highest BCUT2D eigenvalue weighted by Crippen LogP contribution is 2.33. The average molecular weight is 315 g/mol. The molecule has 3 unspecified atom stereocenters. The number of hydrogen-bond acceptors (Lipinski definition) is 4. The zero-order valence-electron chi connectivity index (χ0n) is 12.9. The zero-order valence-corrected chi connectivity index (χ0v) is 13.7. The van der Waals surface area contributed by atoms with Crippen molar-refractivity contribution in [1.82, 2.24) is 10.3 Å². The molecule has 0 radical (unpaired) electrons. The molecule has 0 saturated carbocycles. The smallest absolute Gasteiger partial charge is 0.234 e. The summed E-state index contributed by atoms with van der Waals surface area (Å²) >= 11 is 1.67. The molecular weight excluding hydrogens is 294 g/mol. The Hall–Kier alpha value is -1.72. The Balaban J connectivity index is 1.73. The van der Waals surface area contributed by atoms with Gasteiger partial charge in [-0.2, -0.15) is 0 Å². The maximum Gasteiger partial charge on any atom is 0.234 e. The number of aromatic nitrogens is 1. The van der Waals surface area contributed by atoms with E-state index in [0.717, 1.165) is 18.7 Å². The number of carbonyl (C=O) groups is 1. The summed E-state index contributed by atoms with van der Waals surface area (Å²) in [4.78, 5) is 16.8. The molecule has 1 saturated heterocycles. The van der Waals surface area contributed by atoms with E-state index in [9.17, 15) is 4.79 Å². The number of benzene rings is 1. The summed E-state index contributed by atoms with van der Waals surface area (Å²) < 4.78 is 0. The molecule has 4 nitrogen and oxygen atoms in total. The number of hydrogen-bond donors (Lipinski definition) is 2. The Morgan fingerprint density at radius 3 is 2.68 bits per heavy atom. The van der Waals surface area contributed by atoms with Gasteiger partial charge in [-0.25, -0.2) is 4.98 Å². The van der Waals surface area contributed by atoms with Gasteiger partial charge in [0.25, 0.3) is 0 Å². The molecule has 1 amide bonds.